The summed E-state index contributed by atoms with van der Waals surface area (Å²) < 4.78 is 0. The summed E-state index contributed by atoms with van der Waals surface area (Å²) in [6, 6.07) is 0. The molecule has 0 amide bonds. The maximum absolute atomic E-state index is 8.36. The highest BCUT2D eigenvalue weighted by Crippen LogP contribution is 2.18. The summed E-state index contributed by atoms with van der Waals surface area (Å²) >= 11 is 0. The molecule has 0 aromatic carbocycles. The highest BCUT2D eigenvalue weighted by Gasteiger charge is 2.22. The van der Waals surface area contributed by atoms with Gasteiger partial charge in [0.25, 0.3) is 0 Å². The topological polar surface area (TPSA) is 60.5 Å². The van der Waals surface area contributed by atoms with Crippen molar-refractivity contribution in [3.05, 3.63) is 0 Å². The average Bonchev–Trinajstić information content (AvgIpc) is 1.82. The van der Waals surface area contributed by atoms with Gasteiger partial charge in [0.15, 0.2) is 6.19 Å². The van der Waals surface area contributed by atoms with Crippen LogP contribution in [0.2, 0.25) is 0 Å². The molecule has 0 fully saturated rings. The second kappa shape index (κ2) is 2.94. The second-order valence-electron chi connectivity index (χ2n) is 3.51. The number of rotatable bonds is 0. The maximum atomic E-state index is 8.36. The fourth-order valence-electron chi connectivity index (χ4n) is 1.30. The number of guanidine groups is 1. The number of aliphatic imine (C=N–C) groups is 2. The summed E-state index contributed by atoms with van der Waals surface area (Å²) in [5.74, 6) is 0.422. The molecule has 0 radical (unpaired) electrons. The van der Waals surface area contributed by atoms with Crippen LogP contribution in [0.25, 0.3) is 0 Å². The first kappa shape index (κ1) is 8.72. The molecule has 1 aliphatic rings. The van der Waals surface area contributed by atoms with Gasteiger partial charge in [-0.3, -0.25) is 5.32 Å². The summed E-state index contributed by atoms with van der Waals surface area (Å²) in [7, 11) is 0. The van der Waals surface area contributed by atoms with Crippen LogP contribution in [0.3, 0.4) is 0 Å². The second-order valence-corrected chi connectivity index (χ2v) is 3.51. The van der Waals surface area contributed by atoms with Crippen LogP contribution in [0.5, 0.6) is 0 Å². The fourth-order valence-corrected chi connectivity index (χ4v) is 1.30. The van der Waals surface area contributed by atoms with Gasteiger partial charge in [-0.15, -0.1) is 0 Å². The van der Waals surface area contributed by atoms with E-state index in [2.05, 4.69) is 15.3 Å². The molecule has 0 bridgehead atoms. The Hall–Kier alpha value is -1.37. The van der Waals surface area contributed by atoms with E-state index in [4.69, 9.17) is 5.26 Å². The molecule has 4 heteroatoms. The molecule has 1 aliphatic heterocycles. The van der Waals surface area contributed by atoms with Gasteiger partial charge >= 0.3 is 0 Å². The first-order valence-electron chi connectivity index (χ1n) is 3.83. The van der Waals surface area contributed by atoms with Crippen LogP contribution in [0.1, 0.15) is 27.2 Å². The van der Waals surface area contributed by atoms with Crippen molar-refractivity contribution < 1.29 is 0 Å². The molecule has 64 valence electrons. The third kappa shape index (κ3) is 2.06. The van der Waals surface area contributed by atoms with Crippen molar-refractivity contribution in [1.82, 2.24) is 5.32 Å². The zero-order chi connectivity index (χ0) is 9.19. The predicted octanol–water partition coefficient (Wildman–Crippen LogP) is 1.06. The Morgan fingerprint density at radius 3 is 2.75 bits per heavy atom. The predicted molar refractivity (Wildman–Crippen MR) is 48.0 cm³/mol. The van der Waals surface area contributed by atoms with E-state index in [1.165, 1.54) is 0 Å². The van der Waals surface area contributed by atoms with Gasteiger partial charge in [-0.1, -0.05) is 0 Å². The third-order valence-electron chi connectivity index (χ3n) is 1.56. The molecule has 1 rings (SSSR count). The van der Waals surface area contributed by atoms with Gasteiger partial charge in [-0.25, -0.2) is 9.98 Å². The standard InChI is InChI=1S/C8H12N4/c1-6-4-8(2,3)12-7(11-6)10-5-9/h4H2,1-3H3,(H,10,12). The van der Waals surface area contributed by atoms with E-state index >= 15 is 0 Å². The van der Waals surface area contributed by atoms with E-state index in [-0.39, 0.29) is 5.54 Å². The van der Waals surface area contributed by atoms with Crippen LogP contribution < -0.4 is 5.32 Å². The third-order valence-corrected chi connectivity index (χ3v) is 1.56. The Kier molecular flexibility index (Phi) is 2.13. The molecular formula is C8H12N4. The van der Waals surface area contributed by atoms with Crippen molar-refractivity contribution in [2.24, 2.45) is 9.98 Å². The lowest BCUT2D eigenvalue weighted by Crippen LogP contribution is -2.31. The SMILES string of the molecule is CC1=NC(NC#N)=NC(C)(C)C1. The number of nitrogens with one attached hydrogen (secondary N) is 1. The summed E-state index contributed by atoms with van der Waals surface area (Å²) in [6.45, 7) is 5.98. The fraction of sp³-hybridized carbons (Fsp3) is 0.625. The van der Waals surface area contributed by atoms with E-state index < -0.39 is 0 Å². The summed E-state index contributed by atoms with van der Waals surface area (Å²) in [6.07, 6.45) is 2.66. The van der Waals surface area contributed by atoms with Gasteiger partial charge in [-0.2, -0.15) is 5.26 Å². The largest absolute Gasteiger partial charge is 0.261 e. The minimum absolute atomic E-state index is 0.134. The van der Waals surface area contributed by atoms with Crippen LogP contribution in [0.4, 0.5) is 0 Å². The monoisotopic (exact) mass is 164 g/mol. The Labute approximate surface area is 72.0 Å². The van der Waals surface area contributed by atoms with E-state index in [0.717, 1.165) is 12.1 Å². The lowest BCUT2D eigenvalue weighted by molar-refractivity contribution is 0.536. The average molecular weight is 164 g/mol. The van der Waals surface area contributed by atoms with Gasteiger partial charge in [-0.05, 0) is 20.8 Å². The van der Waals surface area contributed by atoms with Gasteiger partial charge in [0, 0.05) is 12.1 Å². The highest BCUT2D eigenvalue weighted by molar-refractivity contribution is 5.99. The minimum atomic E-state index is -0.134. The van der Waals surface area contributed by atoms with Crippen molar-refractivity contribution in [3.8, 4) is 6.19 Å². The molecule has 12 heavy (non-hydrogen) atoms. The summed E-state index contributed by atoms with van der Waals surface area (Å²) in [5, 5.41) is 10.8. The number of hydrogen-bond acceptors (Lipinski definition) is 4. The van der Waals surface area contributed by atoms with E-state index in [1.807, 2.05) is 27.0 Å². The first-order valence-corrected chi connectivity index (χ1v) is 3.83. The smallest absolute Gasteiger partial charge is 0.231 e. The molecule has 0 aromatic rings. The molecule has 0 saturated heterocycles. The van der Waals surface area contributed by atoms with E-state index in [9.17, 15) is 0 Å². The Bertz CT molecular complexity index is 280. The molecule has 0 spiro atoms. The van der Waals surface area contributed by atoms with Crippen LogP contribution in [0.15, 0.2) is 9.98 Å². The molecule has 0 unspecified atom stereocenters. The van der Waals surface area contributed by atoms with Crippen molar-refractivity contribution in [2.45, 2.75) is 32.7 Å². The quantitative estimate of drug-likeness (QED) is 0.430. The number of nitriles is 1. The Morgan fingerprint density at radius 1 is 1.58 bits per heavy atom. The molecular weight excluding hydrogens is 152 g/mol. The van der Waals surface area contributed by atoms with Crippen molar-refractivity contribution in [2.75, 3.05) is 0 Å². The molecule has 0 aromatic heterocycles. The number of hydrogen-bond donors (Lipinski definition) is 1. The van der Waals surface area contributed by atoms with Crippen molar-refractivity contribution >= 4 is 11.7 Å². The van der Waals surface area contributed by atoms with Gasteiger partial charge < -0.3 is 0 Å². The zero-order valence-corrected chi connectivity index (χ0v) is 7.55. The van der Waals surface area contributed by atoms with Gasteiger partial charge in [0.05, 0.1) is 5.54 Å². The highest BCUT2D eigenvalue weighted by atomic mass is 15.2. The van der Waals surface area contributed by atoms with Crippen LogP contribution in [0, 0.1) is 11.5 Å². The normalized spacial score (nSPS) is 20.5. The lowest BCUT2D eigenvalue weighted by Gasteiger charge is -2.23. The number of nitrogens with zero attached hydrogens (tertiary/aromatic N) is 3. The van der Waals surface area contributed by atoms with Crippen LogP contribution in [-0.2, 0) is 0 Å². The maximum Gasteiger partial charge on any atom is 0.231 e. The Morgan fingerprint density at radius 2 is 2.25 bits per heavy atom. The summed E-state index contributed by atoms with van der Waals surface area (Å²) in [5.41, 5.74) is 0.873. The van der Waals surface area contributed by atoms with Crippen LogP contribution >= 0.6 is 0 Å². The molecule has 1 heterocycles. The molecule has 0 atom stereocenters. The first-order chi connectivity index (χ1) is 5.53. The minimum Gasteiger partial charge on any atom is -0.261 e. The van der Waals surface area contributed by atoms with Crippen LogP contribution in [-0.4, -0.2) is 17.2 Å². The Balaban J connectivity index is 2.86. The molecule has 4 nitrogen and oxygen atoms in total. The lowest BCUT2D eigenvalue weighted by atomic mass is 9.98. The van der Waals surface area contributed by atoms with Gasteiger partial charge in [0.1, 0.15) is 0 Å². The van der Waals surface area contributed by atoms with E-state index in [0.29, 0.717) is 5.96 Å². The van der Waals surface area contributed by atoms with Crippen molar-refractivity contribution in [3.63, 3.8) is 0 Å². The molecule has 1 N–H and O–H groups in total. The summed E-state index contributed by atoms with van der Waals surface area (Å²) in [4.78, 5) is 8.35. The zero-order valence-electron chi connectivity index (χ0n) is 7.55. The van der Waals surface area contributed by atoms with Gasteiger partial charge in [0.2, 0.25) is 5.96 Å². The molecule has 0 aliphatic carbocycles. The van der Waals surface area contributed by atoms with E-state index in [1.54, 1.807) is 0 Å². The van der Waals surface area contributed by atoms with Crippen molar-refractivity contribution in [1.29, 1.82) is 5.26 Å². The molecule has 0 saturated carbocycles.